The van der Waals surface area contributed by atoms with Crippen molar-refractivity contribution in [2.75, 3.05) is 0 Å². The van der Waals surface area contributed by atoms with Crippen molar-refractivity contribution in [2.24, 2.45) is 14.1 Å². The van der Waals surface area contributed by atoms with Crippen LogP contribution in [0.4, 0.5) is 4.39 Å². The van der Waals surface area contributed by atoms with E-state index in [0.29, 0.717) is 23.2 Å². The fraction of sp³-hybridized carbons (Fsp3) is 0.278. The van der Waals surface area contributed by atoms with Crippen LogP contribution in [0.25, 0.3) is 11.0 Å². The van der Waals surface area contributed by atoms with E-state index in [1.54, 1.807) is 19.3 Å². The van der Waals surface area contributed by atoms with Crippen molar-refractivity contribution in [1.29, 1.82) is 0 Å². The Morgan fingerprint density at radius 2 is 1.96 bits per heavy atom. The van der Waals surface area contributed by atoms with Gasteiger partial charge in [-0.1, -0.05) is 19.1 Å². The number of benzene rings is 1. The molecule has 0 saturated heterocycles. The first kappa shape index (κ1) is 17.4. The van der Waals surface area contributed by atoms with Crippen LogP contribution in [0.3, 0.4) is 0 Å². The lowest BCUT2D eigenvalue weighted by molar-refractivity contribution is 0.626. The van der Waals surface area contributed by atoms with E-state index >= 15 is 0 Å². The van der Waals surface area contributed by atoms with Gasteiger partial charge in [-0.05, 0) is 29.7 Å². The van der Waals surface area contributed by atoms with Gasteiger partial charge < -0.3 is 0 Å². The molecule has 25 heavy (non-hydrogen) atoms. The summed E-state index contributed by atoms with van der Waals surface area (Å²) in [7, 11) is 3.06. The molecule has 7 heteroatoms. The third-order valence-electron chi connectivity index (χ3n) is 4.15. The van der Waals surface area contributed by atoms with E-state index in [0.717, 1.165) is 20.6 Å². The lowest BCUT2D eigenvalue weighted by Crippen LogP contribution is -2.37. The fourth-order valence-corrected chi connectivity index (χ4v) is 3.94. The van der Waals surface area contributed by atoms with Crippen LogP contribution in [0, 0.1) is 5.82 Å². The number of rotatable bonds is 4. The van der Waals surface area contributed by atoms with E-state index in [2.05, 4.69) is 4.98 Å². The average Bonchev–Trinajstić information content (AvgIpc) is 2.62. The summed E-state index contributed by atoms with van der Waals surface area (Å²) < 4.78 is 15.9. The van der Waals surface area contributed by atoms with E-state index < -0.39 is 5.69 Å². The first-order valence-corrected chi connectivity index (χ1v) is 8.87. The molecule has 5 nitrogen and oxygen atoms in total. The second kappa shape index (κ2) is 6.84. The van der Waals surface area contributed by atoms with Gasteiger partial charge in [-0.15, -0.1) is 11.8 Å². The van der Waals surface area contributed by atoms with Crippen LogP contribution in [-0.2, 0) is 26.3 Å². The van der Waals surface area contributed by atoms with E-state index in [9.17, 15) is 14.0 Å². The zero-order valence-electron chi connectivity index (χ0n) is 14.2. The Labute approximate surface area is 148 Å². The number of aryl methyl sites for hydroxylation is 2. The number of hydrogen-bond acceptors (Lipinski definition) is 4. The predicted octanol–water partition coefficient (Wildman–Crippen LogP) is 2.63. The van der Waals surface area contributed by atoms with Crippen LogP contribution in [0.1, 0.15) is 18.1 Å². The highest BCUT2D eigenvalue weighted by molar-refractivity contribution is 7.98. The largest absolute Gasteiger partial charge is 0.332 e. The molecule has 130 valence electrons. The minimum Gasteiger partial charge on any atom is -0.280 e. The second-order valence-electron chi connectivity index (χ2n) is 5.79. The minimum atomic E-state index is -0.407. The summed E-state index contributed by atoms with van der Waals surface area (Å²) in [5.41, 5.74) is 1.37. The standard InChI is InChI=1S/C18H18FN3O2S/c1-4-12-9-20-16-14(17(23)22(3)18(24)21(16)2)15(12)25-10-11-6-5-7-13(19)8-11/h5-9H,4,10H2,1-3H3. The molecule has 0 atom stereocenters. The summed E-state index contributed by atoms with van der Waals surface area (Å²) in [6.45, 7) is 1.99. The number of fused-ring (bicyclic) bond motifs is 1. The number of pyridine rings is 1. The quantitative estimate of drug-likeness (QED) is 0.672. The summed E-state index contributed by atoms with van der Waals surface area (Å²) in [5.74, 6) is 0.238. The van der Waals surface area contributed by atoms with Crippen molar-refractivity contribution in [1.82, 2.24) is 14.1 Å². The predicted molar refractivity (Wildman–Crippen MR) is 97.6 cm³/mol. The molecule has 0 unspecified atom stereocenters. The topological polar surface area (TPSA) is 56.9 Å². The van der Waals surface area contributed by atoms with E-state index in [-0.39, 0.29) is 11.4 Å². The van der Waals surface area contributed by atoms with E-state index in [1.807, 2.05) is 13.0 Å². The van der Waals surface area contributed by atoms with Crippen molar-refractivity contribution in [2.45, 2.75) is 24.0 Å². The van der Waals surface area contributed by atoms with Crippen molar-refractivity contribution in [3.63, 3.8) is 0 Å². The highest BCUT2D eigenvalue weighted by Gasteiger charge is 2.17. The fourth-order valence-electron chi connectivity index (χ4n) is 2.74. The Balaban J connectivity index is 2.18. The highest BCUT2D eigenvalue weighted by Crippen LogP contribution is 2.31. The SMILES string of the molecule is CCc1cnc2c(c1SCc1cccc(F)c1)c(=O)n(C)c(=O)n2C. The Morgan fingerprint density at radius 3 is 2.64 bits per heavy atom. The van der Waals surface area contributed by atoms with Crippen LogP contribution in [0.2, 0.25) is 0 Å². The van der Waals surface area contributed by atoms with Crippen molar-refractivity contribution in [3.05, 3.63) is 68.2 Å². The summed E-state index contributed by atoms with van der Waals surface area (Å²) in [4.78, 5) is 29.9. The molecule has 0 bridgehead atoms. The van der Waals surface area contributed by atoms with Crippen molar-refractivity contribution < 1.29 is 4.39 Å². The lowest BCUT2D eigenvalue weighted by atomic mass is 10.2. The van der Waals surface area contributed by atoms with Crippen LogP contribution < -0.4 is 11.2 Å². The highest BCUT2D eigenvalue weighted by atomic mass is 32.2. The number of thioether (sulfide) groups is 1. The maximum Gasteiger partial charge on any atom is 0.332 e. The molecule has 0 aliphatic carbocycles. The maximum atomic E-state index is 13.4. The maximum absolute atomic E-state index is 13.4. The Morgan fingerprint density at radius 1 is 1.20 bits per heavy atom. The van der Waals surface area contributed by atoms with Gasteiger partial charge in [-0.2, -0.15) is 0 Å². The zero-order valence-corrected chi connectivity index (χ0v) is 15.1. The molecular formula is C18H18FN3O2S. The first-order chi connectivity index (χ1) is 11.9. The summed E-state index contributed by atoms with van der Waals surface area (Å²) in [6.07, 6.45) is 2.41. The minimum absolute atomic E-state index is 0.285. The van der Waals surface area contributed by atoms with Crippen LogP contribution >= 0.6 is 11.8 Å². The normalized spacial score (nSPS) is 11.2. The zero-order chi connectivity index (χ0) is 18.1. The van der Waals surface area contributed by atoms with Crippen LogP contribution in [-0.4, -0.2) is 14.1 Å². The molecular weight excluding hydrogens is 341 g/mol. The molecule has 0 fully saturated rings. The van der Waals surface area contributed by atoms with Gasteiger partial charge in [0.25, 0.3) is 5.56 Å². The third kappa shape index (κ3) is 3.11. The molecule has 0 spiro atoms. The van der Waals surface area contributed by atoms with Gasteiger partial charge in [0.15, 0.2) is 0 Å². The van der Waals surface area contributed by atoms with E-state index in [4.69, 9.17) is 0 Å². The number of halogens is 1. The van der Waals surface area contributed by atoms with Gasteiger partial charge in [0, 0.05) is 30.9 Å². The van der Waals surface area contributed by atoms with Gasteiger partial charge in [-0.25, -0.2) is 14.2 Å². The lowest BCUT2D eigenvalue weighted by Gasteiger charge is -2.13. The van der Waals surface area contributed by atoms with Crippen molar-refractivity contribution in [3.8, 4) is 0 Å². The molecule has 3 aromatic rings. The number of aromatic nitrogens is 3. The molecule has 0 radical (unpaired) electrons. The molecule has 0 saturated carbocycles. The Hall–Kier alpha value is -2.41. The van der Waals surface area contributed by atoms with Crippen molar-refractivity contribution >= 4 is 22.8 Å². The molecule has 0 aliphatic heterocycles. The smallest absolute Gasteiger partial charge is 0.280 e. The summed E-state index contributed by atoms with van der Waals surface area (Å²) in [6, 6.07) is 6.40. The molecule has 0 N–H and O–H groups in total. The molecule has 0 amide bonds. The molecule has 2 aromatic heterocycles. The van der Waals surface area contributed by atoms with Gasteiger partial charge >= 0.3 is 5.69 Å². The average molecular weight is 359 g/mol. The van der Waals surface area contributed by atoms with E-state index in [1.165, 1.54) is 35.5 Å². The molecule has 0 aliphatic rings. The first-order valence-electron chi connectivity index (χ1n) is 7.88. The second-order valence-corrected chi connectivity index (χ2v) is 6.77. The molecule has 3 rings (SSSR count). The Kier molecular flexibility index (Phi) is 4.76. The summed E-state index contributed by atoms with van der Waals surface area (Å²) in [5, 5.41) is 0.436. The molecule has 2 heterocycles. The van der Waals surface area contributed by atoms with Gasteiger partial charge in [0.2, 0.25) is 0 Å². The van der Waals surface area contributed by atoms with Crippen LogP contribution in [0.5, 0.6) is 0 Å². The van der Waals surface area contributed by atoms with Gasteiger partial charge in [0.1, 0.15) is 11.5 Å². The monoisotopic (exact) mass is 359 g/mol. The third-order valence-corrected chi connectivity index (χ3v) is 5.38. The molecule has 1 aromatic carbocycles. The number of nitrogens with zero attached hydrogens (tertiary/aromatic N) is 3. The number of hydrogen-bond donors (Lipinski definition) is 0. The van der Waals surface area contributed by atoms with Crippen LogP contribution in [0.15, 0.2) is 44.9 Å². The van der Waals surface area contributed by atoms with Gasteiger partial charge in [-0.3, -0.25) is 13.9 Å². The van der Waals surface area contributed by atoms with Gasteiger partial charge in [0.05, 0.1) is 5.39 Å². The Bertz CT molecular complexity index is 1070. The summed E-state index contributed by atoms with van der Waals surface area (Å²) >= 11 is 1.46.